The van der Waals surface area contributed by atoms with Crippen LogP contribution in [0.2, 0.25) is 0 Å². The van der Waals surface area contributed by atoms with Gasteiger partial charge in [0.1, 0.15) is 30.3 Å². The molecule has 9 heteroatoms. The largest absolute Gasteiger partial charge is 0.468 e. The fraction of sp³-hybridized carbons (Fsp3) is 0.333. The maximum Gasteiger partial charge on any atom is 0.303 e. The number of hydrogen-bond donors (Lipinski definition) is 1. The average molecular weight is 293 g/mol. The van der Waals surface area contributed by atoms with Crippen LogP contribution in [0.3, 0.4) is 0 Å². The molecule has 2 atom stereocenters. The Hall–Kier alpha value is -2.71. The van der Waals surface area contributed by atoms with Crippen LogP contribution in [0.25, 0.3) is 11.2 Å². The van der Waals surface area contributed by atoms with Crippen molar-refractivity contribution in [3.63, 3.8) is 0 Å². The number of nitrogens with two attached hydrogens (primary N) is 1. The lowest BCUT2D eigenvalue weighted by Gasteiger charge is -2.19. The molecule has 3 rings (SSSR count). The highest BCUT2D eigenvalue weighted by Gasteiger charge is 2.37. The molecule has 1 fully saturated rings. The number of imidazole rings is 1. The van der Waals surface area contributed by atoms with E-state index in [9.17, 15) is 9.18 Å². The molecule has 1 aliphatic rings. The molecule has 3 heterocycles. The lowest BCUT2D eigenvalue weighted by molar-refractivity contribution is -0.151. The molecule has 2 N–H and O–H groups in total. The van der Waals surface area contributed by atoms with Crippen LogP contribution in [0.4, 0.5) is 10.2 Å². The molecule has 2 aromatic rings. The van der Waals surface area contributed by atoms with Crippen LogP contribution in [0.15, 0.2) is 24.7 Å². The predicted molar refractivity (Wildman–Crippen MR) is 69.2 cm³/mol. The number of aromatic nitrogens is 4. The van der Waals surface area contributed by atoms with Crippen LogP contribution < -0.4 is 5.73 Å². The number of halogens is 1. The summed E-state index contributed by atoms with van der Waals surface area (Å²) in [6, 6.07) is 0. The number of carbonyl (C=O) groups excluding carboxylic acids is 1. The second kappa shape index (κ2) is 5.00. The van der Waals surface area contributed by atoms with E-state index in [0.717, 1.165) is 0 Å². The van der Waals surface area contributed by atoms with E-state index >= 15 is 0 Å². The lowest BCUT2D eigenvalue weighted by atomic mass is 10.2. The van der Waals surface area contributed by atoms with Gasteiger partial charge >= 0.3 is 5.97 Å². The Labute approximate surface area is 118 Å². The van der Waals surface area contributed by atoms with Gasteiger partial charge in [-0.1, -0.05) is 0 Å². The van der Waals surface area contributed by atoms with E-state index in [1.54, 1.807) is 0 Å². The minimum absolute atomic E-state index is 0.0927. The predicted octanol–water partition coefficient (Wildman–Crippen LogP) is 1.07. The molecule has 1 saturated heterocycles. The van der Waals surface area contributed by atoms with Crippen molar-refractivity contribution < 1.29 is 18.7 Å². The number of nitrogens with zero attached hydrogens (tertiary/aromatic N) is 4. The van der Waals surface area contributed by atoms with Crippen molar-refractivity contribution in [1.82, 2.24) is 19.5 Å². The highest BCUT2D eigenvalue weighted by atomic mass is 19.1. The molecule has 21 heavy (non-hydrogen) atoms. The van der Waals surface area contributed by atoms with Crippen LogP contribution in [0.1, 0.15) is 19.6 Å². The van der Waals surface area contributed by atoms with Crippen LogP contribution in [0, 0.1) is 0 Å². The third-order valence-electron chi connectivity index (χ3n) is 3.09. The van der Waals surface area contributed by atoms with Crippen molar-refractivity contribution in [2.75, 3.05) is 5.73 Å². The van der Waals surface area contributed by atoms with Gasteiger partial charge in [0.15, 0.2) is 17.6 Å². The first-order chi connectivity index (χ1) is 10.1. The zero-order chi connectivity index (χ0) is 15.0. The molecule has 1 aliphatic heterocycles. The molecule has 0 amide bonds. The second-order valence-corrected chi connectivity index (χ2v) is 4.52. The van der Waals surface area contributed by atoms with E-state index in [0.29, 0.717) is 17.5 Å². The summed E-state index contributed by atoms with van der Waals surface area (Å²) in [5, 5.41) is 0. The molecule has 0 saturated carbocycles. The summed E-state index contributed by atoms with van der Waals surface area (Å²) in [5.41, 5.74) is 6.54. The smallest absolute Gasteiger partial charge is 0.303 e. The van der Waals surface area contributed by atoms with Gasteiger partial charge in [0.25, 0.3) is 0 Å². The maximum absolute atomic E-state index is 12.7. The van der Waals surface area contributed by atoms with E-state index in [-0.39, 0.29) is 18.0 Å². The average Bonchev–Trinajstić information content (AvgIpc) is 3.02. The van der Waals surface area contributed by atoms with Crippen LogP contribution in [-0.4, -0.2) is 31.6 Å². The monoisotopic (exact) mass is 293 g/mol. The van der Waals surface area contributed by atoms with E-state index in [1.165, 1.54) is 24.1 Å². The second-order valence-electron chi connectivity index (χ2n) is 4.52. The third-order valence-corrected chi connectivity index (χ3v) is 3.09. The first-order valence-corrected chi connectivity index (χ1v) is 6.16. The summed E-state index contributed by atoms with van der Waals surface area (Å²) in [5.74, 6) is -0.163. The zero-order valence-corrected chi connectivity index (χ0v) is 11.1. The number of hydrogen-bond acceptors (Lipinski definition) is 7. The molecular weight excluding hydrogens is 281 g/mol. The first kappa shape index (κ1) is 13.3. The van der Waals surface area contributed by atoms with Crippen LogP contribution >= 0.6 is 0 Å². The minimum atomic E-state index is -0.754. The molecule has 0 bridgehead atoms. The van der Waals surface area contributed by atoms with Gasteiger partial charge in [0.2, 0.25) is 6.23 Å². The number of anilines is 1. The summed E-state index contributed by atoms with van der Waals surface area (Å²) in [4.78, 5) is 23.2. The first-order valence-electron chi connectivity index (χ1n) is 6.16. The highest BCUT2D eigenvalue weighted by molar-refractivity contribution is 5.81. The van der Waals surface area contributed by atoms with Crippen molar-refractivity contribution in [3.8, 4) is 0 Å². The molecule has 110 valence electrons. The topological polar surface area (TPSA) is 105 Å². The van der Waals surface area contributed by atoms with Gasteiger partial charge in [0.05, 0.1) is 6.42 Å². The van der Waals surface area contributed by atoms with Crippen LogP contribution in [0.5, 0.6) is 0 Å². The SMILES string of the molecule is CC(=O)O[C@@H]1C/C(=C\F)O[C@H]1n1cnc2c(N)ncnc21. The molecule has 0 aliphatic carbocycles. The number of ether oxygens (including phenoxy) is 2. The minimum Gasteiger partial charge on any atom is -0.468 e. The fourth-order valence-corrected chi connectivity index (χ4v) is 2.25. The molecule has 0 unspecified atom stereocenters. The van der Waals surface area contributed by atoms with Gasteiger partial charge in [-0.2, -0.15) is 0 Å². The zero-order valence-electron chi connectivity index (χ0n) is 11.1. The molecule has 0 spiro atoms. The van der Waals surface area contributed by atoms with Gasteiger partial charge in [-0.3, -0.25) is 9.36 Å². The summed E-state index contributed by atoms with van der Waals surface area (Å²) < 4.78 is 24.9. The Morgan fingerprint density at radius 3 is 3.10 bits per heavy atom. The standard InChI is InChI=1S/C12H12FN5O3/c1-6(19)20-8-2-7(3-13)21-12(8)18-5-17-9-10(14)15-4-16-11(9)18/h3-5,8,12H,2H2,1H3,(H2,14,15,16)/b7-3+/t8-,12-/m1/s1. The molecule has 2 aromatic heterocycles. The molecular formula is C12H12FN5O3. The maximum atomic E-state index is 12.7. The van der Waals surface area contributed by atoms with Crippen molar-refractivity contribution in [2.24, 2.45) is 0 Å². The molecule has 8 nitrogen and oxygen atoms in total. The van der Waals surface area contributed by atoms with Crippen molar-refractivity contribution >= 4 is 23.0 Å². The molecule has 0 aromatic carbocycles. The van der Waals surface area contributed by atoms with Crippen molar-refractivity contribution in [1.29, 1.82) is 0 Å². The number of fused-ring (bicyclic) bond motifs is 1. The summed E-state index contributed by atoms with van der Waals surface area (Å²) >= 11 is 0. The Morgan fingerprint density at radius 1 is 1.57 bits per heavy atom. The number of esters is 1. The van der Waals surface area contributed by atoms with Gasteiger partial charge in [0, 0.05) is 6.92 Å². The van der Waals surface area contributed by atoms with Crippen molar-refractivity contribution in [3.05, 3.63) is 24.7 Å². The van der Waals surface area contributed by atoms with Gasteiger partial charge in [-0.05, 0) is 0 Å². The quantitative estimate of drug-likeness (QED) is 0.825. The number of nitrogen functional groups attached to an aromatic ring is 1. The van der Waals surface area contributed by atoms with Gasteiger partial charge < -0.3 is 15.2 Å². The summed E-state index contributed by atoms with van der Waals surface area (Å²) in [6.45, 7) is 1.28. The lowest BCUT2D eigenvalue weighted by Crippen LogP contribution is -2.24. The Kier molecular flexibility index (Phi) is 3.16. The van der Waals surface area contributed by atoms with Gasteiger partial charge in [-0.15, -0.1) is 0 Å². The van der Waals surface area contributed by atoms with E-state index in [4.69, 9.17) is 15.2 Å². The summed E-state index contributed by atoms with van der Waals surface area (Å²) in [7, 11) is 0. The van der Waals surface area contributed by atoms with E-state index in [2.05, 4.69) is 15.0 Å². The third kappa shape index (κ3) is 2.26. The number of carbonyl (C=O) groups is 1. The molecule has 0 radical (unpaired) electrons. The van der Waals surface area contributed by atoms with Crippen molar-refractivity contribution in [2.45, 2.75) is 25.7 Å². The van der Waals surface area contributed by atoms with Gasteiger partial charge in [-0.25, -0.2) is 19.3 Å². The highest BCUT2D eigenvalue weighted by Crippen LogP contribution is 2.35. The van der Waals surface area contributed by atoms with E-state index < -0.39 is 18.3 Å². The van der Waals surface area contributed by atoms with Crippen LogP contribution in [-0.2, 0) is 14.3 Å². The normalized spacial score (nSPS) is 23.4. The Bertz CT molecular complexity index is 729. The number of rotatable bonds is 2. The van der Waals surface area contributed by atoms with E-state index in [1.807, 2.05) is 0 Å². The fourth-order valence-electron chi connectivity index (χ4n) is 2.25. The Balaban J connectivity index is 2.03. The Morgan fingerprint density at radius 2 is 2.38 bits per heavy atom. The summed E-state index contributed by atoms with van der Waals surface area (Å²) in [6.07, 6.45) is 1.79.